The molecule has 7 nitrogen and oxygen atoms in total. The minimum atomic E-state index is -5.07. The summed E-state index contributed by atoms with van der Waals surface area (Å²) >= 11 is 11.3. The highest BCUT2D eigenvalue weighted by Crippen LogP contribution is 2.37. The quantitative estimate of drug-likeness (QED) is 0.366. The molecule has 0 aliphatic heterocycles. The highest BCUT2D eigenvalue weighted by atomic mass is 35.5. The second kappa shape index (κ2) is 11.1. The molecule has 1 fully saturated rings. The number of aromatic nitrogens is 2. The summed E-state index contributed by atoms with van der Waals surface area (Å²) in [6.07, 6.45) is -2.70. The summed E-state index contributed by atoms with van der Waals surface area (Å²) in [5, 5.41) is 1.96. The van der Waals surface area contributed by atoms with Gasteiger partial charge in [0, 0.05) is 42.5 Å². The van der Waals surface area contributed by atoms with Crippen LogP contribution in [0, 0.1) is 0 Å². The minimum absolute atomic E-state index is 0.0199. The first kappa shape index (κ1) is 27.8. The normalized spacial score (nSPS) is 17.7. The Kier molecular flexibility index (Phi) is 8.55. The van der Waals surface area contributed by atoms with Crippen LogP contribution in [0.3, 0.4) is 0 Å². The number of ether oxygens (including phenoxy) is 1. The molecule has 1 aromatic carbocycles. The Morgan fingerprint density at radius 1 is 1.17 bits per heavy atom. The number of anilines is 1. The molecule has 2 atom stereocenters. The highest BCUT2D eigenvalue weighted by Gasteiger charge is 2.40. The molecule has 2 unspecified atom stereocenters. The van der Waals surface area contributed by atoms with Crippen molar-refractivity contribution in [1.82, 2.24) is 15.3 Å². The number of nitrogens with one attached hydrogen (secondary N) is 1. The number of hydrogen-bond acceptors (Lipinski definition) is 5. The van der Waals surface area contributed by atoms with Gasteiger partial charge >= 0.3 is 6.36 Å². The van der Waals surface area contributed by atoms with Crippen LogP contribution in [-0.4, -0.2) is 45.7 Å². The standard InChI is InChI=1S/C21H18Cl2F6N4O3/c22-14-7-13(1-2-15(14)36-21(27,28)29)33(19(35)17(23)24)16(11-8-30-10-31-9-11)18(34)32-12-3-5-20(25,26)6-4-12/h1-2,7-10,12,16-17H,3-6H2,(H,32,34). The maximum Gasteiger partial charge on any atom is 0.573 e. The fourth-order valence-corrected chi connectivity index (χ4v) is 4.01. The van der Waals surface area contributed by atoms with Crippen LogP contribution in [0.5, 0.6) is 5.75 Å². The van der Waals surface area contributed by atoms with Gasteiger partial charge in [0.25, 0.3) is 11.5 Å². The molecule has 0 spiro atoms. The zero-order valence-corrected chi connectivity index (χ0v) is 19.6. The maximum absolute atomic E-state index is 14.0. The lowest BCUT2D eigenvalue weighted by Crippen LogP contribution is -2.49. The fraction of sp³-hybridized carbons (Fsp3) is 0.429. The van der Waals surface area contributed by atoms with Gasteiger partial charge in [-0.1, -0.05) is 23.2 Å². The van der Waals surface area contributed by atoms with E-state index in [0.29, 0.717) is 4.90 Å². The molecule has 0 bridgehead atoms. The topological polar surface area (TPSA) is 84.4 Å². The molecule has 1 heterocycles. The Morgan fingerprint density at radius 3 is 2.31 bits per heavy atom. The average molecular weight is 559 g/mol. The fourth-order valence-electron chi connectivity index (χ4n) is 3.69. The number of carbonyl (C=O) groups is 2. The predicted octanol–water partition coefficient (Wildman–Crippen LogP) is 5.33. The molecule has 2 aromatic rings. The van der Waals surface area contributed by atoms with Gasteiger partial charge in [-0.15, -0.1) is 13.2 Å². The second-order valence-corrected chi connectivity index (χ2v) is 8.68. The van der Waals surface area contributed by atoms with E-state index in [1.54, 1.807) is 0 Å². The van der Waals surface area contributed by atoms with E-state index in [0.717, 1.165) is 36.9 Å². The lowest BCUT2D eigenvalue weighted by molar-refractivity contribution is -0.274. The van der Waals surface area contributed by atoms with Crippen LogP contribution >= 0.6 is 23.2 Å². The van der Waals surface area contributed by atoms with E-state index in [-0.39, 0.29) is 24.1 Å². The molecule has 196 valence electrons. The summed E-state index contributed by atoms with van der Waals surface area (Å²) < 4.78 is 82.7. The largest absolute Gasteiger partial charge is 0.573 e. The third-order valence-electron chi connectivity index (χ3n) is 5.31. The van der Waals surface area contributed by atoms with Crippen LogP contribution < -0.4 is 15.0 Å². The van der Waals surface area contributed by atoms with Crippen molar-refractivity contribution in [3.63, 3.8) is 0 Å². The van der Waals surface area contributed by atoms with Gasteiger partial charge in [-0.3, -0.25) is 14.5 Å². The smallest absolute Gasteiger partial charge is 0.404 e. The summed E-state index contributed by atoms with van der Waals surface area (Å²) in [5.74, 6) is -6.03. The van der Waals surface area contributed by atoms with Crippen LogP contribution in [0.1, 0.15) is 37.3 Å². The number of rotatable bonds is 7. The van der Waals surface area contributed by atoms with E-state index in [1.807, 2.05) is 0 Å². The number of amides is 2. The zero-order chi connectivity index (χ0) is 26.7. The molecule has 1 aromatic heterocycles. The van der Waals surface area contributed by atoms with E-state index >= 15 is 0 Å². The number of nitrogens with zero attached hydrogens (tertiary/aromatic N) is 3. The van der Waals surface area contributed by atoms with Gasteiger partial charge in [0.05, 0.1) is 5.02 Å². The molecule has 1 saturated carbocycles. The number of halogens is 8. The Balaban J connectivity index is 2.01. The van der Waals surface area contributed by atoms with E-state index in [2.05, 4.69) is 20.0 Å². The van der Waals surface area contributed by atoms with Gasteiger partial charge in [0.1, 0.15) is 18.1 Å². The Morgan fingerprint density at radius 2 is 1.78 bits per heavy atom. The second-order valence-electron chi connectivity index (χ2n) is 7.88. The van der Waals surface area contributed by atoms with E-state index in [4.69, 9.17) is 23.2 Å². The van der Waals surface area contributed by atoms with Crippen molar-refractivity contribution < 1.29 is 40.7 Å². The molecule has 2 amide bonds. The summed E-state index contributed by atoms with van der Waals surface area (Å²) in [6, 6.07) is 0.209. The highest BCUT2D eigenvalue weighted by molar-refractivity contribution is 6.33. The van der Waals surface area contributed by atoms with E-state index < -0.39 is 65.4 Å². The van der Waals surface area contributed by atoms with Gasteiger partial charge in [-0.25, -0.2) is 23.1 Å². The van der Waals surface area contributed by atoms with Gasteiger partial charge in [0.15, 0.2) is 0 Å². The molecule has 0 saturated heterocycles. The first-order valence-electron chi connectivity index (χ1n) is 10.4. The lowest BCUT2D eigenvalue weighted by Gasteiger charge is -2.34. The predicted molar refractivity (Wildman–Crippen MR) is 116 cm³/mol. The van der Waals surface area contributed by atoms with Gasteiger partial charge in [0.2, 0.25) is 11.8 Å². The van der Waals surface area contributed by atoms with Crippen molar-refractivity contribution >= 4 is 40.7 Å². The van der Waals surface area contributed by atoms with Crippen molar-refractivity contribution in [2.24, 2.45) is 0 Å². The maximum atomic E-state index is 14.0. The van der Waals surface area contributed by atoms with Crippen molar-refractivity contribution in [3.8, 4) is 5.75 Å². The molecule has 1 aliphatic rings. The number of benzene rings is 1. The van der Waals surface area contributed by atoms with Crippen molar-refractivity contribution in [2.75, 3.05) is 4.90 Å². The Hall–Kier alpha value is -2.80. The number of alkyl halides is 7. The SMILES string of the molecule is O=C(NC1CCC(F)(F)CC1)C(c1cncnc1)N(C(=O)C(F)Cl)c1ccc(OC(F)(F)F)c(Cl)c1. The van der Waals surface area contributed by atoms with Crippen LogP contribution in [-0.2, 0) is 9.59 Å². The molecule has 1 N–H and O–H groups in total. The monoisotopic (exact) mass is 558 g/mol. The molecule has 1 aliphatic carbocycles. The number of carbonyl (C=O) groups excluding carboxylic acids is 2. The van der Waals surface area contributed by atoms with Crippen LogP contribution in [0.4, 0.5) is 32.0 Å². The van der Waals surface area contributed by atoms with E-state index in [9.17, 15) is 35.9 Å². The first-order valence-corrected chi connectivity index (χ1v) is 11.2. The van der Waals surface area contributed by atoms with Crippen molar-refractivity contribution in [1.29, 1.82) is 0 Å². The number of hydrogen-bond donors (Lipinski definition) is 1. The summed E-state index contributed by atoms with van der Waals surface area (Å²) in [6.45, 7) is 0. The molecular weight excluding hydrogens is 541 g/mol. The lowest BCUT2D eigenvalue weighted by atomic mass is 9.92. The Bertz CT molecular complexity index is 1080. The summed E-state index contributed by atoms with van der Waals surface area (Å²) in [4.78, 5) is 34.3. The molecule has 0 radical (unpaired) electrons. The van der Waals surface area contributed by atoms with Gasteiger partial charge in [-0.05, 0) is 31.0 Å². The van der Waals surface area contributed by atoms with Gasteiger partial charge in [-0.2, -0.15) is 0 Å². The van der Waals surface area contributed by atoms with Crippen LogP contribution in [0.25, 0.3) is 0 Å². The molecular formula is C21H18Cl2F6N4O3. The first-order chi connectivity index (χ1) is 16.8. The molecule has 36 heavy (non-hydrogen) atoms. The average Bonchev–Trinajstić information content (AvgIpc) is 2.79. The van der Waals surface area contributed by atoms with Crippen LogP contribution in [0.15, 0.2) is 36.9 Å². The van der Waals surface area contributed by atoms with Crippen LogP contribution in [0.2, 0.25) is 5.02 Å². The van der Waals surface area contributed by atoms with Gasteiger partial charge < -0.3 is 10.1 Å². The third-order valence-corrected chi connectivity index (χ3v) is 5.79. The van der Waals surface area contributed by atoms with Crippen molar-refractivity contribution in [2.45, 2.75) is 55.7 Å². The molecule has 3 rings (SSSR count). The zero-order valence-electron chi connectivity index (χ0n) is 18.1. The van der Waals surface area contributed by atoms with E-state index in [1.165, 1.54) is 0 Å². The summed E-state index contributed by atoms with van der Waals surface area (Å²) in [7, 11) is 0. The molecule has 15 heteroatoms. The van der Waals surface area contributed by atoms with Crippen molar-refractivity contribution in [3.05, 3.63) is 47.5 Å². The third kappa shape index (κ3) is 7.12. The minimum Gasteiger partial charge on any atom is -0.404 e. The summed E-state index contributed by atoms with van der Waals surface area (Å²) in [5.41, 5.74) is -2.99. The Labute approximate surface area is 210 Å².